The normalized spacial score (nSPS) is 17.3. The van der Waals surface area contributed by atoms with Crippen molar-refractivity contribution in [3.63, 3.8) is 0 Å². The maximum Gasteiger partial charge on any atom is 0.336 e. The van der Waals surface area contributed by atoms with Gasteiger partial charge in [0.25, 0.3) is 0 Å². The van der Waals surface area contributed by atoms with Crippen molar-refractivity contribution in [1.82, 2.24) is 5.32 Å². The Hall–Kier alpha value is -0.870. The molecule has 1 heterocycles. The van der Waals surface area contributed by atoms with Gasteiger partial charge in [0.15, 0.2) is 0 Å². The Bertz CT molecular complexity index is 371. The van der Waals surface area contributed by atoms with Gasteiger partial charge in [0.2, 0.25) is 0 Å². The molecule has 1 aliphatic carbocycles. The molecule has 0 aromatic carbocycles. The van der Waals surface area contributed by atoms with Crippen LogP contribution in [0.15, 0.2) is 11.4 Å². The molecule has 1 atom stereocenters. The predicted octanol–water partition coefficient (Wildman–Crippen LogP) is 2.58. The first kappa shape index (κ1) is 11.6. The molecule has 16 heavy (non-hydrogen) atoms. The molecule has 1 aromatic rings. The lowest BCUT2D eigenvalue weighted by Gasteiger charge is -2.10. The SMILES string of the molecule is CC(CNCc1cc(C(=O)O)cs1)C1CC1. The highest BCUT2D eigenvalue weighted by molar-refractivity contribution is 7.10. The molecule has 0 saturated heterocycles. The average Bonchev–Trinajstić information content (AvgIpc) is 2.98. The maximum atomic E-state index is 10.7. The molecule has 1 aromatic heterocycles. The second-order valence-corrected chi connectivity index (χ2v) is 5.55. The Balaban J connectivity index is 1.73. The van der Waals surface area contributed by atoms with Crippen LogP contribution in [0.3, 0.4) is 0 Å². The van der Waals surface area contributed by atoms with Crippen molar-refractivity contribution in [2.45, 2.75) is 26.3 Å². The fourth-order valence-electron chi connectivity index (χ4n) is 1.84. The minimum atomic E-state index is -0.839. The van der Waals surface area contributed by atoms with E-state index in [0.29, 0.717) is 5.56 Å². The summed E-state index contributed by atoms with van der Waals surface area (Å²) in [6, 6.07) is 1.75. The highest BCUT2D eigenvalue weighted by atomic mass is 32.1. The largest absolute Gasteiger partial charge is 0.478 e. The third-order valence-corrected chi connectivity index (χ3v) is 4.03. The van der Waals surface area contributed by atoms with Crippen molar-refractivity contribution in [3.05, 3.63) is 21.9 Å². The molecule has 2 N–H and O–H groups in total. The van der Waals surface area contributed by atoms with Gasteiger partial charge in [0.1, 0.15) is 0 Å². The van der Waals surface area contributed by atoms with Gasteiger partial charge in [0.05, 0.1) is 5.56 Å². The predicted molar refractivity (Wildman–Crippen MR) is 64.9 cm³/mol. The second-order valence-electron chi connectivity index (χ2n) is 4.55. The molecule has 88 valence electrons. The number of hydrogen-bond donors (Lipinski definition) is 2. The van der Waals surface area contributed by atoms with Crippen LogP contribution >= 0.6 is 11.3 Å². The summed E-state index contributed by atoms with van der Waals surface area (Å²) in [7, 11) is 0. The van der Waals surface area contributed by atoms with Crippen molar-refractivity contribution >= 4 is 17.3 Å². The molecule has 0 amide bonds. The van der Waals surface area contributed by atoms with Gasteiger partial charge < -0.3 is 10.4 Å². The molecule has 0 spiro atoms. The van der Waals surface area contributed by atoms with E-state index in [1.165, 1.54) is 24.2 Å². The number of hydrogen-bond acceptors (Lipinski definition) is 3. The Morgan fingerprint density at radius 1 is 1.69 bits per heavy atom. The third-order valence-electron chi connectivity index (χ3n) is 3.09. The molecule has 0 radical (unpaired) electrons. The van der Waals surface area contributed by atoms with Crippen LogP contribution in [0.1, 0.15) is 35.0 Å². The maximum absolute atomic E-state index is 10.7. The van der Waals surface area contributed by atoms with E-state index in [1.807, 2.05) is 0 Å². The van der Waals surface area contributed by atoms with E-state index in [0.717, 1.165) is 29.8 Å². The van der Waals surface area contributed by atoms with E-state index >= 15 is 0 Å². The zero-order valence-electron chi connectivity index (χ0n) is 9.40. The first-order valence-electron chi connectivity index (χ1n) is 5.68. The standard InChI is InChI=1S/C12H17NO2S/c1-8(9-2-3-9)5-13-6-11-4-10(7-16-11)12(14)15/h4,7-9,13H,2-3,5-6H2,1H3,(H,14,15). The Labute approximate surface area is 99.5 Å². The van der Waals surface area contributed by atoms with Gasteiger partial charge in [-0.05, 0) is 37.3 Å². The Morgan fingerprint density at radius 3 is 3.00 bits per heavy atom. The fourth-order valence-corrected chi connectivity index (χ4v) is 2.67. The summed E-state index contributed by atoms with van der Waals surface area (Å²) >= 11 is 1.51. The van der Waals surface area contributed by atoms with E-state index in [2.05, 4.69) is 12.2 Å². The number of rotatable bonds is 6. The second kappa shape index (κ2) is 4.97. The summed E-state index contributed by atoms with van der Waals surface area (Å²) in [5.41, 5.74) is 0.400. The summed E-state index contributed by atoms with van der Waals surface area (Å²) in [4.78, 5) is 11.8. The minimum absolute atomic E-state index is 0.400. The molecule has 3 nitrogen and oxygen atoms in total. The highest BCUT2D eigenvalue weighted by Crippen LogP contribution is 2.36. The number of nitrogens with one attached hydrogen (secondary N) is 1. The third kappa shape index (κ3) is 3.06. The van der Waals surface area contributed by atoms with Gasteiger partial charge >= 0.3 is 5.97 Å². The summed E-state index contributed by atoms with van der Waals surface area (Å²) < 4.78 is 0. The van der Waals surface area contributed by atoms with Crippen LogP contribution in [0, 0.1) is 11.8 Å². The Kier molecular flexibility index (Phi) is 3.61. The Morgan fingerprint density at radius 2 is 2.44 bits per heavy atom. The number of carboxylic acid groups (broad SMARTS) is 1. The lowest BCUT2D eigenvalue weighted by molar-refractivity contribution is 0.0697. The summed E-state index contributed by atoms with van der Waals surface area (Å²) in [5.74, 6) is 0.832. The molecule has 0 aliphatic heterocycles. The first-order chi connectivity index (χ1) is 7.66. The minimum Gasteiger partial charge on any atom is -0.478 e. The van der Waals surface area contributed by atoms with Crippen LogP contribution in [-0.4, -0.2) is 17.6 Å². The van der Waals surface area contributed by atoms with Gasteiger partial charge in [-0.3, -0.25) is 0 Å². The van der Waals surface area contributed by atoms with E-state index in [4.69, 9.17) is 5.11 Å². The zero-order valence-corrected chi connectivity index (χ0v) is 10.2. The topological polar surface area (TPSA) is 49.3 Å². The number of aromatic carboxylic acids is 1. The van der Waals surface area contributed by atoms with E-state index in [1.54, 1.807) is 11.4 Å². The lowest BCUT2D eigenvalue weighted by atomic mass is 10.1. The van der Waals surface area contributed by atoms with Crippen molar-refractivity contribution < 1.29 is 9.90 Å². The molecule has 1 fully saturated rings. The van der Waals surface area contributed by atoms with E-state index < -0.39 is 5.97 Å². The number of carbonyl (C=O) groups is 1. The summed E-state index contributed by atoms with van der Waals surface area (Å²) in [6.07, 6.45) is 2.76. The molecule has 1 unspecified atom stereocenters. The van der Waals surface area contributed by atoms with Gasteiger partial charge in [-0.15, -0.1) is 11.3 Å². The lowest BCUT2D eigenvalue weighted by Crippen LogP contribution is -2.21. The van der Waals surface area contributed by atoms with Crippen LogP contribution in [0.5, 0.6) is 0 Å². The quantitative estimate of drug-likeness (QED) is 0.802. The molecular formula is C12H17NO2S. The molecule has 2 rings (SSSR count). The molecule has 0 bridgehead atoms. The first-order valence-corrected chi connectivity index (χ1v) is 6.56. The van der Waals surface area contributed by atoms with Crippen LogP contribution < -0.4 is 5.32 Å². The molecular weight excluding hydrogens is 222 g/mol. The van der Waals surface area contributed by atoms with Crippen LogP contribution in [0.25, 0.3) is 0 Å². The van der Waals surface area contributed by atoms with Crippen molar-refractivity contribution in [2.75, 3.05) is 6.54 Å². The van der Waals surface area contributed by atoms with Crippen LogP contribution in [0.2, 0.25) is 0 Å². The van der Waals surface area contributed by atoms with Gasteiger partial charge in [-0.25, -0.2) is 4.79 Å². The van der Waals surface area contributed by atoms with Gasteiger partial charge in [-0.1, -0.05) is 6.92 Å². The number of carboxylic acids is 1. The number of thiophene rings is 1. The van der Waals surface area contributed by atoms with E-state index in [9.17, 15) is 4.79 Å². The fraction of sp³-hybridized carbons (Fsp3) is 0.583. The van der Waals surface area contributed by atoms with Crippen LogP contribution in [0.4, 0.5) is 0 Å². The van der Waals surface area contributed by atoms with Crippen molar-refractivity contribution in [3.8, 4) is 0 Å². The smallest absolute Gasteiger partial charge is 0.336 e. The zero-order chi connectivity index (χ0) is 11.5. The molecule has 1 saturated carbocycles. The molecule has 1 aliphatic rings. The van der Waals surface area contributed by atoms with Crippen LogP contribution in [-0.2, 0) is 6.54 Å². The van der Waals surface area contributed by atoms with Gasteiger partial charge in [0, 0.05) is 16.8 Å². The molecule has 4 heteroatoms. The van der Waals surface area contributed by atoms with Crippen molar-refractivity contribution in [2.24, 2.45) is 11.8 Å². The van der Waals surface area contributed by atoms with Gasteiger partial charge in [-0.2, -0.15) is 0 Å². The summed E-state index contributed by atoms with van der Waals surface area (Å²) in [6.45, 7) is 4.10. The monoisotopic (exact) mass is 239 g/mol. The highest BCUT2D eigenvalue weighted by Gasteiger charge is 2.27. The van der Waals surface area contributed by atoms with E-state index in [-0.39, 0.29) is 0 Å². The average molecular weight is 239 g/mol. The van der Waals surface area contributed by atoms with Crippen molar-refractivity contribution in [1.29, 1.82) is 0 Å². The summed E-state index contributed by atoms with van der Waals surface area (Å²) in [5, 5.41) is 13.9.